The first kappa shape index (κ1) is 19.6. The predicted molar refractivity (Wildman–Crippen MR) is 108 cm³/mol. The van der Waals surface area contributed by atoms with Crippen molar-refractivity contribution in [2.75, 3.05) is 11.9 Å². The minimum Gasteiger partial charge on any atom is -0.487 e. The van der Waals surface area contributed by atoms with E-state index in [9.17, 15) is 9.59 Å². The molecule has 1 amide bonds. The van der Waals surface area contributed by atoms with E-state index in [1.807, 2.05) is 37.4 Å². The predicted octanol–water partition coefficient (Wildman–Crippen LogP) is 4.13. The molecule has 3 aromatic rings. The zero-order valence-electron chi connectivity index (χ0n) is 15.6. The SMILES string of the molecule is Cc1ccc(NC(=O)COC(=O)c2ccc(OCc3cscn3)cc2)cc1C. The molecule has 0 saturated carbocycles. The molecule has 6 nitrogen and oxygen atoms in total. The fourth-order valence-corrected chi connectivity index (χ4v) is 2.93. The fraction of sp³-hybridized carbons (Fsp3) is 0.190. The van der Waals surface area contributed by atoms with Crippen molar-refractivity contribution in [3.8, 4) is 5.75 Å². The number of esters is 1. The molecule has 0 aliphatic rings. The highest BCUT2D eigenvalue weighted by Crippen LogP contribution is 2.16. The van der Waals surface area contributed by atoms with Gasteiger partial charge in [-0.3, -0.25) is 4.79 Å². The average Bonchev–Trinajstić information content (AvgIpc) is 3.21. The molecule has 0 fully saturated rings. The van der Waals surface area contributed by atoms with E-state index in [0.717, 1.165) is 16.8 Å². The smallest absolute Gasteiger partial charge is 0.338 e. The van der Waals surface area contributed by atoms with Crippen LogP contribution in [0.3, 0.4) is 0 Å². The van der Waals surface area contributed by atoms with Crippen LogP contribution < -0.4 is 10.1 Å². The Hall–Kier alpha value is -3.19. The van der Waals surface area contributed by atoms with Crippen LogP contribution in [-0.2, 0) is 16.1 Å². The summed E-state index contributed by atoms with van der Waals surface area (Å²) in [5.41, 5.74) is 5.83. The summed E-state index contributed by atoms with van der Waals surface area (Å²) < 4.78 is 10.7. The van der Waals surface area contributed by atoms with E-state index in [1.165, 1.54) is 11.3 Å². The molecular formula is C21H20N2O4S. The fourth-order valence-electron chi connectivity index (χ4n) is 2.38. The van der Waals surface area contributed by atoms with Crippen molar-refractivity contribution in [3.05, 3.63) is 75.7 Å². The Morgan fingerprint density at radius 1 is 1.07 bits per heavy atom. The average molecular weight is 396 g/mol. The number of nitrogens with one attached hydrogen (secondary N) is 1. The Morgan fingerprint density at radius 3 is 2.54 bits per heavy atom. The van der Waals surface area contributed by atoms with Crippen LogP contribution in [0.4, 0.5) is 5.69 Å². The summed E-state index contributed by atoms with van der Waals surface area (Å²) in [6.07, 6.45) is 0. The van der Waals surface area contributed by atoms with Gasteiger partial charge in [-0.05, 0) is 61.4 Å². The highest BCUT2D eigenvalue weighted by Gasteiger charge is 2.11. The molecule has 1 N–H and O–H groups in total. The Morgan fingerprint density at radius 2 is 1.86 bits per heavy atom. The van der Waals surface area contributed by atoms with Crippen LogP contribution in [0.1, 0.15) is 27.2 Å². The largest absolute Gasteiger partial charge is 0.487 e. The van der Waals surface area contributed by atoms with Gasteiger partial charge in [0.2, 0.25) is 0 Å². The molecule has 0 spiro atoms. The Bertz CT molecular complexity index is 953. The zero-order valence-corrected chi connectivity index (χ0v) is 16.4. The van der Waals surface area contributed by atoms with Crippen molar-refractivity contribution >= 4 is 28.9 Å². The third kappa shape index (κ3) is 5.40. The number of ether oxygens (including phenoxy) is 2. The number of anilines is 1. The molecule has 0 unspecified atom stereocenters. The highest BCUT2D eigenvalue weighted by molar-refractivity contribution is 7.07. The van der Waals surface area contributed by atoms with Gasteiger partial charge in [0.25, 0.3) is 5.91 Å². The first-order valence-corrected chi connectivity index (χ1v) is 9.60. The molecule has 144 valence electrons. The number of hydrogen-bond acceptors (Lipinski definition) is 6. The Balaban J connectivity index is 1.47. The molecule has 28 heavy (non-hydrogen) atoms. The maximum Gasteiger partial charge on any atom is 0.338 e. The van der Waals surface area contributed by atoms with E-state index in [-0.39, 0.29) is 12.5 Å². The molecule has 3 rings (SSSR count). The molecule has 0 atom stereocenters. The van der Waals surface area contributed by atoms with Gasteiger partial charge in [-0.15, -0.1) is 11.3 Å². The summed E-state index contributed by atoms with van der Waals surface area (Å²) in [7, 11) is 0. The van der Waals surface area contributed by atoms with Gasteiger partial charge in [0.1, 0.15) is 12.4 Å². The summed E-state index contributed by atoms with van der Waals surface area (Å²) in [6.45, 7) is 3.98. The van der Waals surface area contributed by atoms with Crippen molar-refractivity contribution in [1.29, 1.82) is 0 Å². The van der Waals surface area contributed by atoms with Crippen molar-refractivity contribution in [2.45, 2.75) is 20.5 Å². The van der Waals surface area contributed by atoms with E-state index in [2.05, 4.69) is 10.3 Å². The van der Waals surface area contributed by atoms with Crippen LogP contribution in [0.2, 0.25) is 0 Å². The van der Waals surface area contributed by atoms with E-state index in [1.54, 1.807) is 29.8 Å². The Kier molecular flexibility index (Phi) is 6.39. The van der Waals surface area contributed by atoms with Crippen molar-refractivity contribution < 1.29 is 19.1 Å². The number of hydrogen-bond donors (Lipinski definition) is 1. The van der Waals surface area contributed by atoms with Gasteiger partial charge >= 0.3 is 5.97 Å². The van der Waals surface area contributed by atoms with Crippen LogP contribution in [0.5, 0.6) is 5.75 Å². The van der Waals surface area contributed by atoms with E-state index >= 15 is 0 Å². The third-order valence-electron chi connectivity index (χ3n) is 4.09. The first-order chi connectivity index (χ1) is 13.5. The zero-order chi connectivity index (χ0) is 19.9. The van der Waals surface area contributed by atoms with Gasteiger partial charge in [0.15, 0.2) is 6.61 Å². The number of nitrogens with zero attached hydrogens (tertiary/aromatic N) is 1. The van der Waals surface area contributed by atoms with Crippen LogP contribution in [0.15, 0.2) is 53.4 Å². The van der Waals surface area contributed by atoms with Crippen molar-refractivity contribution in [3.63, 3.8) is 0 Å². The summed E-state index contributed by atoms with van der Waals surface area (Å²) in [5.74, 6) is -0.335. The van der Waals surface area contributed by atoms with Gasteiger partial charge in [-0.1, -0.05) is 6.07 Å². The normalized spacial score (nSPS) is 10.4. The molecule has 0 aliphatic carbocycles. The lowest BCUT2D eigenvalue weighted by Gasteiger charge is -2.09. The Labute approximate surface area is 167 Å². The summed E-state index contributed by atoms with van der Waals surface area (Å²) in [4.78, 5) is 28.2. The molecule has 1 heterocycles. The summed E-state index contributed by atoms with van der Waals surface area (Å²) in [5, 5.41) is 4.63. The van der Waals surface area contributed by atoms with E-state index in [4.69, 9.17) is 9.47 Å². The number of rotatable bonds is 7. The van der Waals surface area contributed by atoms with Crippen molar-refractivity contribution in [1.82, 2.24) is 4.98 Å². The van der Waals surface area contributed by atoms with Crippen molar-refractivity contribution in [2.24, 2.45) is 0 Å². The second-order valence-corrected chi connectivity index (χ2v) is 6.93. The van der Waals surface area contributed by atoms with Gasteiger partial charge in [-0.25, -0.2) is 9.78 Å². The standard InChI is InChI=1S/C21H20N2O4S/c1-14-3-6-17(9-15(14)2)23-20(24)11-27-21(25)16-4-7-19(8-5-16)26-10-18-12-28-13-22-18/h3-9,12-13H,10-11H2,1-2H3,(H,23,24). The second kappa shape index (κ2) is 9.14. The molecule has 7 heteroatoms. The lowest BCUT2D eigenvalue weighted by atomic mass is 10.1. The molecular weight excluding hydrogens is 376 g/mol. The maximum atomic E-state index is 12.1. The topological polar surface area (TPSA) is 77.5 Å². The van der Waals surface area contributed by atoms with Gasteiger partial charge in [0.05, 0.1) is 16.8 Å². The monoisotopic (exact) mass is 396 g/mol. The second-order valence-electron chi connectivity index (χ2n) is 6.22. The quantitative estimate of drug-likeness (QED) is 0.608. The number of carbonyl (C=O) groups is 2. The third-order valence-corrected chi connectivity index (χ3v) is 4.72. The van der Waals surface area contributed by atoms with Gasteiger partial charge in [-0.2, -0.15) is 0 Å². The van der Waals surface area contributed by atoms with E-state index < -0.39 is 5.97 Å². The lowest BCUT2D eigenvalue weighted by molar-refractivity contribution is -0.119. The highest BCUT2D eigenvalue weighted by atomic mass is 32.1. The van der Waals surface area contributed by atoms with Crippen LogP contribution in [-0.4, -0.2) is 23.5 Å². The number of thiazole rings is 1. The maximum absolute atomic E-state index is 12.1. The molecule has 0 saturated heterocycles. The molecule has 0 bridgehead atoms. The number of benzene rings is 2. The number of aromatic nitrogens is 1. The number of aryl methyl sites for hydroxylation is 2. The van der Waals surface area contributed by atoms with Crippen LogP contribution in [0.25, 0.3) is 0 Å². The van der Waals surface area contributed by atoms with Gasteiger partial charge in [0, 0.05) is 11.1 Å². The molecule has 0 aliphatic heterocycles. The van der Waals surface area contributed by atoms with Crippen LogP contribution in [0, 0.1) is 13.8 Å². The minimum absolute atomic E-state index is 0.347. The number of amides is 1. The molecule has 0 radical (unpaired) electrons. The van der Waals surface area contributed by atoms with Gasteiger partial charge < -0.3 is 14.8 Å². The minimum atomic E-state index is -0.568. The summed E-state index contributed by atoms with van der Waals surface area (Å²) >= 11 is 1.51. The molecule has 1 aromatic heterocycles. The number of carbonyl (C=O) groups excluding carboxylic acids is 2. The van der Waals surface area contributed by atoms with Crippen LogP contribution >= 0.6 is 11.3 Å². The lowest BCUT2D eigenvalue weighted by Crippen LogP contribution is -2.21. The van der Waals surface area contributed by atoms with E-state index in [0.29, 0.717) is 23.6 Å². The molecule has 2 aromatic carbocycles. The summed E-state index contributed by atoms with van der Waals surface area (Å²) in [6, 6.07) is 12.2. The first-order valence-electron chi connectivity index (χ1n) is 8.65.